The molecule has 0 saturated carbocycles. The van der Waals surface area contributed by atoms with Gasteiger partial charge >= 0.3 is 0 Å². The van der Waals surface area contributed by atoms with Crippen LogP contribution in [-0.4, -0.2) is 52.0 Å². The van der Waals surface area contributed by atoms with Gasteiger partial charge in [0.2, 0.25) is 0 Å². The van der Waals surface area contributed by atoms with E-state index in [0.717, 1.165) is 56.7 Å². The van der Waals surface area contributed by atoms with Gasteiger partial charge in [0.15, 0.2) is 5.96 Å². The first-order valence-electron chi connectivity index (χ1n) is 9.14. The van der Waals surface area contributed by atoms with Crippen molar-refractivity contribution in [2.75, 3.05) is 46.1 Å². The maximum atomic E-state index is 6.50. The van der Waals surface area contributed by atoms with Crippen LogP contribution in [0.5, 0.6) is 0 Å². The monoisotopic (exact) mass is 495 g/mol. The van der Waals surface area contributed by atoms with Gasteiger partial charge in [0.25, 0.3) is 0 Å². The van der Waals surface area contributed by atoms with Crippen molar-refractivity contribution in [3.8, 4) is 0 Å². The smallest absolute Gasteiger partial charge is 0.191 e. The minimum absolute atomic E-state index is 0. The van der Waals surface area contributed by atoms with E-state index in [1.165, 1.54) is 5.56 Å². The highest BCUT2D eigenvalue weighted by Crippen LogP contribution is 2.38. The van der Waals surface area contributed by atoms with Crippen LogP contribution < -0.4 is 10.6 Å². The van der Waals surface area contributed by atoms with Gasteiger partial charge < -0.3 is 20.1 Å². The van der Waals surface area contributed by atoms with Crippen molar-refractivity contribution in [2.24, 2.45) is 4.99 Å². The number of hydrogen-bond acceptors (Lipinski definition) is 3. The molecular formula is C19H31ClIN3O2. The summed E-state index contributed by atoms with van der Waals surface area (Å²) in [4.78, 5) is 4.85. The Labute approximate surface area is 179 Å². The number of guanidine groups is 1. The van der Waals surface area contributed by atoms with E-state index in [2.05, 4.69) is 23.6 Å². The second-order valence-corrected chi connectivity index (χ2v) is 6.60. The summed E-state index contributed by atoms with van der Waals surface area (Å²) in [6.07, 6.45) is 1.86. The lowest BCUT2D eigenvalue weighted by Gasteiger charge is -2.37. The molecule has 0 aromatic heterocycles. The Balaban J connectivity index is 0.00000338. The largest absolute Gasteiger partial charge is 0.381 e. The van der Waals surface area contributed by atoms with E-state index in [0.29, 0.717) is 13.2 Å². The number of hydrogen-bond donors (Lipinski definition) is 2. The average molecular weight is 496 g/mol. The Kier molecular flexibility index (Phi) is 11.5. The Morgan fingerprint density at radius 1 is 1.23 bits per heavy atom. The predicted octanol–water partition coefficient (Wildman–Crippen LogP) is 3.60. The van der Waals surface area contributed by atoms with Crippen LogP contribution in [0.15, 0.2) is 29.3 Å². The summed E-state index contributed by atoms with van der Waals surface area (Å²) < 4.78 is 11.0. The molecule has 0 bridgehead atoms. The third-order valence-corrected chi connectivity index (χ3v) is 4.85. The standard InChI is InChI=1S/C19H30ClN3O2.HI/c1-3-21-18(22-11-14-24-4-2)23-15-19(9-12-25-13-10-19)16-7-5-6-8-17(16)20;/h5-8H,3-4,9-15H2,1-2H3,(H2,21,22,23);1H. The second kappa shape index (κ2) is 12.8. The van der Waals surface area contributed by atoms with Gasteiger partial charge in [-0.3, -0.25) is 4.99 Å². The minimum atomic E-state index is -0.0706. The molecule has 26 heavy (non-hydrogen) atoms. The lowest BCUT2D eigenvalue weighted by Crippen LogP contribution is -2.42. The number of benzene rings is 1. The molecule has 1 heterocycles. The zero-order valence-electron chi connectivity index (χ0n) is 15.7. The Hall–Kier alpha value is -0.570. The van der Waals surface area contributed by atoms with E-state index in [9.17, 15) is 0 Å². The zero-order chi connectivity index (χ0) is 18.0. The maximum Gasteiger partial charge on any atom is 0.191 e. The summed E-state index contributed by atoms with van der Waals surface area (Å²) in [5, 5.41) is 7.44. The molecule has 148 valence electrons. The molecule has 0 amide bonds. The van der Waals surface area contributed by atoms with Crippen LogP contribution in [0, 0.1) is 0 Å². The van der Waals surface area contributed by atoms with Crippen molar-refractivity contribution < 1.29 is 9.47 Å². The highest BCUT2D eigenvalue weighted by atomic mass is 127. The highest BCUT2D eigenvalue weighted by molar-refractivity contribution is 14.0. The van der Waals surface area contributed by atoms with Crippen molar-refractivity contribution in [3.05, 3.63) is 34.9 Å². The number of nitrogens with zero attached hydrogens (tertiary/aromatic N) is 1. The summed E-state index contributed by atoms with van der Waals surface area (Å²) in [5.41, 5.74) is 1.10. The quantitative estimate of drug-likeness (QED) is 0.250. The van der Waals surface area contributed by atoms with Gasteiger partial charge in [-0.2, -0.15) is 0 Å². The zero-order valence-corrected chi connectivity index (χ0v) is 18.8. The van der Waals surface area contributed by atoms with Crippen LogP contribution in [0.4, 0.5) is 0 Å². The lowest BCUT2D eigenvalue weighted by molar-refractivity contribution is 0.0531. The predicted molar refractivity (Wildman–Crippen MR) is 119 cm³/mol. The molecule has 0 unspecified atom stereocenters. The van der Waals surface area contributed by atoms with Crippen molar-refractivity contribution in [2.45, 2.75) is 32.1 Å². The summed E-state index contributed by atoms with van der Waals surface area (Å²) >= 11 is 6.50. The molecular weight excluding hydrogens is 465 g/mol. The Morgan fingerprint density at radius 3 is 2.62 bits per heavy atom. The van der Waals surface area contributed by atoms with Crippen LogP contribution in [-0.2, 0) is 14.9 Å². The fourth-order valence-electron chi connectivity index (χ4n) is 3.12. The first kappa shape index (κ1) is 23.5. The number of aliphatic imine (C=N–C) groups is 1. The van der Waals surface area contributed by atoms with Gasteiger partial charge in [0.1, 0.15) is 0 Å². The van der Waals surface area contributed by atoms with Crippen LogP contribution in [0.25, 0.3) is 0 Å². The first-order chi connectivity index (χ1) is 12.2. The van der Waals surface area contributed by atoms with Gasteiger partial charge in [0.05, 0.1) is 13.2 Å². The van der Waals surface area contributed by atoms with Gasteiger partial charge in [-0.1, -0.05) is 29.8 Å². The molecule has 0 aliphatic carbocycles. The molecule has 1 saturated heterocycles. The van der Waals surface area contributed by atoms with E-state index in [4.69, 9.17) is 26.1 Å². The van der Waals surface area contributed by atoms with Crippen molar-refractivity contribution in [1.29, 1.82) is 0 Å². The molecule has 0 atom stereocenters. The molecule has 0 spiro atoms. The minimum Gasteiger partial charge on any atom is -0.381 e. The molecule has 2 rings (SSSR count). The summed E-state index contributed by atoms with van der Waals surface area (Å²) in [7, 11) is 0. The van der Waals surface area contributed by atoms with Crippen molar-refractivity contribution in [3.63, 3.8) is 0 Å². The number of halogens is 2. The topological polar surface area (TPSA) is 54.9 Å². The number of rotatable bonds is 8. The molecule has 1 fully saturated rings. The van der Waals surface area contributed by atoms with E-state index in [1.54, 1.807) is 0 Å². The average Bonchev–Trinajstić information content (AvgIpc) is 2.64. The van der Waals surface area contributed by atoms with Crippen LogP contribution in [0.3, 0.4) is 0 Å². The molecule has 0 radical (unpaired) electrons. The second-order valence-electron chi connectivity index (χ2n) is 6.19. The summed E-state index contributed by atoms with van der Waals surface area (Å²) in [6, 6.07) is 8.11. The van der Waals surface area contributed by atoms with Crippen molar-refractivity contribution >= 4 is 41.5 Å². The summed E-state index contributed by atoms with van der Waals surface area (Å²) in [5.74, 6) is 0.820. The fourth-order valence-corrected chi connectivity index (χ4v) is 3.46. The molecule has 2 N–H and O–H groups in total. The normalized spacial score (nSPS) is 16.7. The summed E-state index contributed by atoms with van der Waals surface area (Å²) in [6.45, 7) is 9.20. The van der Waals surface area contributed by atoms with E-state index in [1.807, 2.05) is 25.1 Å². The van der Waals surface area contributed by atoms with Crippen LogP contribution in [0.1, 0.15) is 32.3 Å². The third-order valence-electron chi connectivity index (χ3n) is 4.52. The molecule has 7 heteroatoms. The van der Waals surface area contributed by atoms with Gasteiger partial charge in [-0.25, -0.2) is 0 Å². The highest BCUT2D eigenvalue weighted by Gasteiger charge is 2.36. The van der Waals surface area contributed by atoms with Crippen molar-refractivity contribution in [1.82, 2.24) is 10.6 Å². The fraction of sp³-hybridized carbons (Fsp3) is 0.632. The first-order valence-corrected chi connectivity index (χ1v) is 9.52. The molecule has 1 aromatic rings. The Morgan fingerprint density at radius 2 is 1.96 bits per heavy atom. The molecule has 5 nitrogen and oxygen atoms in total. The SMILES string of the molecule is CCNC(=NCC1(c2ccccc2Cl)CCOCC1)NCCOCC.I. The van der Waals surface area contributed by atoms with E-state index >= 15 is 0 Å². The van der Waals surface area contributed by atoms with Gasteiger partial charge in [0, 0.05) is 43.3 Å². The molecule has 1 aliphatic rings. The molecule has 1 aliphatic heterocycles. The Bertz CT molecular complexity index is 551. The maximum absolute atomic E-state index is 6.50. The number of nitrogens with one attached hydrogen (secondary N) is 2. The number of ether oxygens (including phenoxy) is 2. The molecule has 1 aromatic carbocycles. The van der Waals surface area contributed by atoms with Crippen LogP contribution >= 0.6 is 35.6 Å². The lowest BCUT2D eigenvalue weighted by atomic mass is 9.74. The van der Waals surface area contributed by atoms with E-state index in [-0.39, 0.29) is 29.4 Å². The van der Waals surface area contributed by atoms with Crippen LogP contribution in [0.2, 0.25) is 5.02 Å². The third kappa shape index (κ3) is 6.87. The van der Waals surface area contributed by atoms with E-state index < -0.39 is 0 Å². The van der Waals surface area contributed by atoms with Gasteiger partial charge in [-0.05, 0) is 38.3 Å². The van der Waals surface area contributed by atoms with Gasteiger partial charge in [-0.15, -0.1) is 24.0 Å².